The van der Waals surface area contributed by atoms with Gasteiger partial charge in [0.05, 0.1) is 0 Å². The third-order valence-corrected chi connectivity index (χ3v) is 6.96. The second-order valence-electron chi connectivity index (χ2n) is 9.69. The summed E-state index contributed by atoms with van der Waals surface area (Å²) in [4.78, 5) is 31.4. The normalized spacial score (nSPS) is 18.6. The Kier molecular flexibility index (Phi) is 8.19. The zero-order valence-corrected chi connectivity index (χ0v) is 20.3. The highest BCUT2D eigenvalue weighted by Crippen LogP contribution is 2.34. The van der Waals surface area contributed by atoms with Gasteiger partial charge in [0.1, 0.15) is 5.54 Å². The van der Waals surface area contributed by atoms with Crippen LogP contribution >= 0.6 is 0 Å². The summed E-state index contributed by atoms with van der Waals surface area (Å²) in [6, 6.07) is 8.09. The van der Waals surface area contributed by atoms with Crippen molar-refractivity contribution < 1.29 is 14.1 Å². The first kappa shape index (κ1) is 24.2. The van der Waals surface area contributed by atoms with Gasteiger partial charge in [-0.25, -0.2) is 0 Å². The van der Waals surface area contributed by atoms with Crippen LogP contribution in [-0.4, -0.2) is 35.0 Å². The van der Waals surface area contributed by atoms with E-state index in [1.807, 2.05) is 12.1 Å². The molecule has 2 aromatic rings. The third kappa shape index (κ3) is 6.36. The van der Waals surface area contributed by atoms with Crippen molar-refractivity contribution in [1.29, 1.82) is 0 Å². The number of aryl methyl sites for hydroxylation is 1. The number of amides is 2. The monoisotopic (exact) mass is 467 g/mol. The highest BCUT2D eigenvalue weighted by molar-refractivity contribution is 5.90. The van der Waals surface area contributed by atoms with Crippen molar-refractivity contribution >= 4 is 23.2 Å². The number of carbonyl (C=O) groups excluding carboxylic acids is 2. The van der Waals surface area contributed by atoms with Crippen LogP contribution in [0.2, 0.25) is 0 Å². The Hall–Kier alpha value is -2.90. The van der Waals surface area contributed by atoms with Gasteiger partial charge in [-0.2, -0.15) is 4.98 Å². The molecule has 8 nitrogen and oxygen atoms in total. The van der Waals surface area contributed by atoms with E-state index in [9.17, 15) is 9.59 Å². The maximum absolute atomic E-state index is 12.5. The van der Waals surface area contributed by atoms with E-state index in [-0.39, 0.29) is 18.2 Å². The van der Waals surface area contributed by atoms with Gasteiger partial charge in [-0.3, -0.25) is 9.59 Å². The van der Waals surface area contributed by atoms with Crippen LogP contribution in [0.15, 0.2) is 28.8 Å². The molecular weight excluding hydrogens is 430 g/mol. The molecule has 1 aromatic heterocycles. The second-order valence-corrected chi connectivity index (χ2v) is 9.69. The van der Waals surface area contributed by atoms with Crippen LogP contribution < -0.4 is 15.5 Å². The fourth-order valence-electron chi connectivity index (χ4n) is 5.15. The summed E-state index contributed by atoms with van der Waals surface area (Å²) in [6.07, 6.45) is 11.6. The van der Waals surface area contributed by atoms with E-state index in [1.54, 1.807) is 0 Å². The summed E-state index contributed by atoms with van der Waals surface area (Å²) in [6.45, 7) is 3.72. The van der Waals surface area contributed by atoms with Crippen LogP contribution in [0.3, 0.4) is 0 Å². The standard InChI is InChI=1S/C26H37N5O3/c1-20(32)29-26(16-6-2-3-7-17-26)25-28-24(34-30-25)15-14-23(33)27-21-10-12-22(13-11-21)31-18-8-4-5-9-19-31/h10-13H,2-9,14-19H2,1H3,(H,27,33)(H,29,32). The molecule has 2 aliphatic rings. The first-order valence-electron chi connectivity index (χ1n) is 12.8. The first-order valence-corrected chi connectivity index (χ1v) is 12.8. The molecule has 184 valence electrons. The third-order valence-electron chi connectivity index (χ3n) is 6.96. The molecule has 1 saturated heterocycles. The van der Waals surface area contributed by atoms with Gasteiger partial charge in [-0.05, 0) is 49.9 Å². The van der Waals surface area contributed by atoms with Gasteiger partial charge < -0.3 is 20.1 Å². The Morgan fingerprint density at radius 1 is 0.971 bits per heavy atom. The van der Waals surface area contributed by atoms with Crippen molar-refractivity contribution in [3.05, 3.63) is 36.0 Å². The molecule has 0 bridgehead atoms. The molecular formula is C26H37N5O3. The molecule has 2 heterocycles. The molecule has 1 aliphatic heterocycles. The van der Waals surface area contributed by atoms with Crippen LogP contribution in [0.1, 0.15) is 89.3 Å². The van der Waals surface area contributed by atoms with Gasteiger partial charge in [0.25, 0.3) is 0 Å². The number of nitrogens with zero attached hydrogens (tertiary/aromatic N) is 3. The first-order chi connectivity index (χ1) is 16.5. The van der Waals surface area contributed by atoms with Crippen molar-refractivity contribution in [3.63, 3.8) is 0 Å². The van der Waals surface area contributed by atoms with Crippen LogP contribution in [0.25, 0.3) is 0 Å². The number of aromatic nitrogens is 2. The summed E-state index contributed by atoms with van der Waals surface area (Å²) < 4.78 is 5.46. The molecule has 2 N–H and O–H groups in total. The zero-order chi connectivity index (χ0) is 23.8. The van der Waals surface area contributed by atoms with E-state index < -0.39 is 5.54 Å². The Balaban J connectivity index is 1.31. The average Bonchev–Trinajstić information content (AvgIpc) is 2.99. The number of benzene rings is 1. The minimum atomic E-state index is -0.568. The quantitative estimate of drug-likeness (QED) is 0.572. The minimum absolute atomic E-state index is 0.0884. The van der Waals surface area contributed by atoms with E-state index in [0.29, 0.717) is 18.1 Å². The number of nitrogens with one attached hydrogen (secondary N) is 2. The van der Waals surface area contributed by atoms with Gasteiger partial charge in [0.2, 0.25) is 17.7 Å². The van der Waals surface area contributed by atoms with Crippen LogP contribution in [0.4, 0.5) is 11.4 Å². The van der Waals surface area contributed by atoms with Gasteiger partial charge in [-0.15, -0.1) is 0 Å². The SMILES string of the molecule is CC(=O)NC1(c2noc(CCC(=O)Nc3ccc(N4CCCCCC4)cc3)n2)CCCCCC1. The predicted molar refractivity (Wildman–Crippen MR) is 132 cm³/mol. The van der Waals surface area contributed by atoms with Gasteiger partial charge in [0.15, 0.2) is 5.82 Å². The van der Waals surface area contributed by atoms with Crippen LogP contribution in [-0.2, 0) is 21.5 Å². The lowest BCUT2D eigenvalue weighted by atomic mass is 9.89. The molecule has 2 amide bonds. The summed E-state index contributed by atoms with van der Waals surface area (Å²) in [5.41, 5.74) is 1.43. The van der Waals surface area contributed by atoms with Crippen LogP contribution in [0.5, 0.6) is 0 Å². The molecule has 4 rings (SSSR count). The van der Waals surface area contributed by atoms with Crippen molar-refractivity contribution in [3.8, 4) is 0 Å². The van der Waals surface area contributed by atoms with E-state index in [4.69, 9.17) is 4.52 Å². The molecule has 0 radical (unpaired) electrons. The molecule has 1 saturated carbocycles. The Bertz CT molecular complexity index is 940. The molecule has 1 aromatic carbocycles. The smallest absolute Gasteiger partial charge is 0.227 e. The molecule has 8 heteroatoms. The Labute approximate surface area is 201 Å². The maximum Gasteiger partial charge on any atom is 0.227 e. The van der Waals surface area contributed by atoms with Crippen molar-refractivity contribution in [2.75, 3.05) is 23.3 Å². The lowest BCUT2D eigenvalue weighted by Crippen LogP contribution is -2.45. The highest BCUT2D eigenvalue weighted by Gasteiger charge is 2.38. The van der Waals surface area contributed by atoms with Crippen molar-refractivity contribution in [2.24, 2.45) is 0 Å². The van der Waals surface area contributed by atoms with Crippen LogP contribution in [0, 0.1) is 0 Å². The van der Waals surface area contributed by atoms with E-state index in [0.717, 1.165) is 57.3 Å². The van der Waals surface area contributed by atoms with E-state index >= 15 is 0 Å². The van der Waals surface area contributed by atoms with Gasteiger partial charge >= 0.3 is 0 Å². The topological polar surface area (TPSA) is 100 Å². The Morgan fingerprint density at radius 3 is 2.26 bits per heavy atom. The van der Waals surface area contributed by atoms with Crippen molar-refractivity contribution in [1.82, 2.24) is 15.5 Å². The molecule has 0 unspecified atom stereocenters. The highest BCUT2D eigenvalue weighted by atomic mass is 16.5. The van der Waals surface area contributed by atoms with E-state index in [2.05, 4.69) is 37.8 Å². The molecule has 0 atom stereocenters. The van der Waals surface area contributed by atoms with E-state index in [1.165, 1.54) is 38.3 Å². The van der Waals surface area contributed by atoms with Crippen molar-refractivity contribution in [2.45, 2.75) is 89.5 Å². The number of carbonyl (C=O) groups is 2. The Morgan fingerprint density at radius 2 is 1.62 bits per heavy atom. The van der Waals surface area contributed by atoms with Gasteiger partial charge in [-0.1, -0.05) is 43.7 Å². The fraction of sp³-hybridized carbons (Fsp3) is 0.615. The number of rotatable bonds is 7. The summed E-state index contributed by atoms with van der Waals surface area (Å²) in [5, 5.41) is 10.2. The average molecular weight is 468 g/mol. The second kappa shape index (κ2) is 11.5. The summed E-state index contributed by atoms with van der Waals surface area (Å²) in [7, 11) is 0. The molecule has 0 spiro atoms. The minimum Gasteiger partial charge on any atom is -0.372 e. The molecule has 2 fully saturated rings. The largest absolute Gasteiger partial charge is 0.372 e. The number of anilines is 2. The van der Waals surface area contributed by atoms with Gasteiger partial charge in [0, 0.05) is 44.2 Å². The lowest BCUT2D eigenvalue weighted by molar-refractivity contribution is -0.121. The zero-order valence-electron chi connectivity index (χ0n) is 20.3. The summed E-state index contributed by atoms with van der Waals surface area (Å²) in [5.74, 6) is 0.780. The summed E-state index contributed by atoms with van der Waals surface area (Å²) >= 11 is 0. The predicted octanol–water partition coefficient (Wildman–Crippen LogP) is 4.71. The lowest BCUT2D eigenvalue weighted by Gasteiger charge is -2.30. The molecule has 34 heavy (non-hydrogen) atoms. The number of hydrogen-bond acceptors (Lipinski definition) is 6. The molecule has 1 aliphatic carbocycles. The maximum atomic E-state index is 12.5. The number of hydrogen-bond donors (Lipinski definition) is 2. The fourth-order valence-corrected chi connectivity index (χ4v) is 5.15.